The predicted octanol–water partition coefficient (Wildman–Crippen LogP) is 2.79. The largest absolute Gasteiger partial charge is 0.478 e. The van der Waals surface area contributed by atoms with Crippen LogP contribution in [0, 0.1) is 13.8 Å². The minimum atomic E-state index is -0.875. The molecule has 20 heavy (non-hydrogen) atoms. The molecule has 0 aliphatic heterocycles. The Bertz CT molecular complexity index is 603. The van der Waals surface area contributed by atoms with Crippen molar-refractivity contribution in [3.05, 3.63) is 70.8 Å². The standard InChI is InChI=1S/C8H9NO.C8H8O2/c1-6-4-2-3-5-7(6)8(9)10;1-6-2-4-7(5-3-6)8(9)10/h2-5H,1H3,(H2,9,10);2-5H,1H3,(H,9,10). The van der Waals surface area contributed by atoms with Crippen LogP contribution in [-0.2, 0) is 0 Å². The van der Waals surface area contributed by atoms with Crippen LogP contribution in [0.3, 0.4) is 0 Å². The average molecular weight is 271 g/mol. The van der Waals surface area contributed by atoms with Gasteiger partial charge in [0.1, 0.15) is 0 Å². The number of carbonyl (C=O) groups excluding carboxylic acids is 1. The number of carboxylic acids is 1. The second kappa shape index (κ2) is 7.09. The lowest BCUT2D eigenvalue weighted by atomic mass is 10.1. The van der Waals surface area contributed by atoms with Crippen molar-refractivity contribution >= 4 is 11.9 Å². The van der Waals surface area contributed by atoms with Crippen molar-refractivity contribution in [2.75, 3.05) is 0 Å². The van der Waals surface area contributed by atoms with Crippen molar-refractivity contribution in [2.45, 2.75) is 13.8 Å². The number of benzene rings is 2. The van der Waals surface area contributed by atoms with E-state index in [2.05, 4.69) is 0 Å². The van der Waals surface area contributed by atoms with Crippen LogP contribution in [-0.4, -0.2) is 17.0 Å². The zero-order valence-electron chi connectivity index (χ0n) is 11.5. The molecule has 4 nitrogen and oxygen atoms in total. The Morgan fingerprint density at radius 2 is 1.50 bits per heavy atom. The van der Waals surface area contributed by atoms with Crippen LogP contribution in [0.1, 0.15) is 31.8 Å². The van der Waals surface area contributed by atoms with Crippen LogP contribution in [0.5, 0.6) is 0 Å². The van der Waals surface area contributed by atoms with E-state index >= 15 is 0 Å². The van der Waals surface area contributed by atoms with Gasteiger partial charge in [-0.25, -0.2) is 4.79 Å². The fourth-order valence-corrected chi connectivity index (χ4v) is 1.55. The van der Waals surface area contributed by atoms with Gasteiger partial charge in [0, 0.05) is 5.56 Å². The van der Waals surface area contributed by atoms with Crippen LogP contribution in [0.2, 0.25) is 0 Å². The average Bonchev–Trinajstić information content (AvgIpc) is 2.40. The van der Waals surface area contributed by atoms with E-state index in [-0.39, 0.29) is 5.91 Å². The molecule has 0 unspecified atom stereocenters. The van der Waals surface area contributed by atoms with E-state index < -0.39 is 5.97 Å². The number of aryl methyl sites for hydroxylation is 2. The van der Waals surface area contributed by atoms with Crippen molar-refractivity contribution in [3.8, 4) is 0 Å². The molecule has 0 fully saturated rings. The highest BCUT2D eigenvalue weighted by atomic mass is 16.4. The van der Waals surface area contributed by atoms with Gasteiger partial charge in [-0.1, -0.05) is 35.9 Å². The van der Waals surface area contributed by atoms with Gasteiger partial charge in [0.25, 0.3) is 0 Å². The number of carbonyl (C=O) groups is 2. The molecule has 0 atom stereocenters. The quantitative estimate of drug-likeness (QED) is 0.881. The summed E-state index contributed by atoms with van der Waals surface area (Å²) in [7, 11) is 0. The molecule has 104 valence electrons. The molecule has 0 bridgehead atoms. The first-order valence-corrected chi connectivity index (χ1v) is 6.07. The maximum atomic E-state index is 10.6. The summed E-state index contributed by atoms with van der Waals surface area (Å²) in [5.74, 6) is -1.24. The number of rotatable bonds is 2. The summed E-state index contributed by atoms with van der Waals surface area (Å²) in [5.41, 5.74) is 8.01. The fourth-order valence-electron chi connectivity index (χ4n) is 1.55. The van der Waals surface area contributed by atoms with Gasteiger partial charge in [-0.3, -0.25) is 4.79 Å². The minimum Gasteiger partial charge on any atom is -0.478 e. The Labute approximate surface area is 117 Å². The van der Waals surface area contributed by atoms with Gasteiger partial charge in [-0.05, 0) is 37.6 Å². The van der Waals surface area contributed by atoms with Gasteiger partial charge in [0.2, 0.25) is 5.91 Å². The van der Waals surface area contributed by atoms with E-state index in [1.165, 1.54) is 0 Å². The fraction of sp³-hybridized carbons (Fsp3) is 0.125. The molecule has 0 aliphatic carbocycles. The van der Waals surface area contributed by atoms with Crippen LogP contribution in [0.15, 0.2) is 48.5 Å². The molecule has 2 aromatic carbocycles. The third-order valence-electron chi connectivity index (χ3n) is 2.71. The van der Waals surface area contributed by atoms with E-state index in [0.717, 1.165) is 11.1 Å². The molecule has 0 radical (unpaired) electrons. The molecule has 0 aliphatic rings. The van der Waals surface area contributed by atoms with Crippen LogP contribution >= 0.6 is 0 Å². The van der Waals surface area contributed by atoms with E-state index in [0.29, 0.717) is 11.1 Å². The molecule has 1 amide bonds. The van der Waals surface area contributed by atoms with Crippen molar-refractivity contribution in [3.63, 3.8) is 0 Å². The first-order valence-electron chi connectivity index (χ1n) is 6.07. The lowest BCUT2D eigenvalue weighted by molar-refractivity contribution is 0.0696. The molecule has 0 heterocycles. The van der Waals surface area contributed by atoms with Crippen LogP contribution in [0.25, 0.3) is 0 Å². The Morgan fingerprint density at radius 1 is 0.950 bits per heavy atom. The highest BCUT2D eigenvalue weighted by Crippen LogP contribution is 2.04. The van der Waals surface area contributed by atoms with Gasteiger partial charge in [-0.2, -0.15) is 0 Å². The third kappa shape index (κ3) is 4.57. The Hall–Kier alpha value is -2.62. The third-order valence-corrected chi connectivity index (χ3v) is 2.71. The van der Waals surface area contributed by atoms with Crippen molar-refractivity contribution in [1.82, 2.24) is 0 Å². The first-order chi connectivity index (χ1) is 9.41. The van der Waals surface area contributed by atoms with E-state index in [1.54, 1.807) is 36.4 Å². The number of primary amides is 1. The smallest absolute Gasteiger partial charge is 0.335 e. The molecule has 0 saturated carbocycles. The summed E-state index contributed by atoms with van der Waals surface area (Å²) in [6.07, 6.45) is 0. The Kier molecular flexibility index (Phi) is 5.47. The molecule has 2 aromatic rings. The minimum absolute atomic E-state index is 0.339. The maximum absolute atomic E-state index is 10.6. The summed E-state index contributed by atoms with van der Waals surface area (Å²) in [4.78, 5) is 21.0. The SMILES string of the molecule is Cc1ccc(C(=O)O)cc1.Cc1ccccc1C(N)=O. The van der Waals surface area contributed by atoms with E-state index in [1.807, 2.05) is 26.0 Å². The number of hydrogen-bond acceptors (Lipinski definition) is 2. The number of hydrogen-bond donors (Lipinski definition) is 2. The highest BCUT2D eigenvalue weighted by molar-refractivity contribution is 5.94. The zero-order valence-corrected chi connectivity index (χ0v) is 11.5. The molecular formula is C16H17NO3. The summed E-state index contributed by atoms with van der Waals surface area (Å²) < 4.78 is 0. The monoisotopic (exact) mass is 271 g/mol. The van der Waals surface area contributed by atoms with Crippen molar-refractivity contribution in [2.24, 2.45) is 5.73 Å². The second-order valence-corrected chi connectivity index (χ2v) is 4.35. The van der Waals surface area contributed by atoms with Gasteiger partial charge in [0.15, 0.2) is 0 Å². The molecule has 0 spiro atoms. The van der Waals surface area contributed by atoms with Crippen LogP contribution in [0.4, 0.5) is 0 Å². The second-order valence-electron chi connectivity index (χ2n) is 4.35. The first kappa shape index (κ1) is 15.4. The molecule has 4 heteroatoms. The topological polar surface area (TPSA) is 80.4 Å². The van der Waals surface area contributed by atoms with E-state index in [9.17, 15) is 9.59 Å². The van der Waals surface area contributed by atoms with E-state index in [4.69, 9.17) is 10.8 Å². The summed E-state index contributed by atoms with van der Waals surface area (Å²) >= 11 is 0. The van der Waals surface area contributed by atoms with Gasteiger partial charge >= 0.3 is 5.97 Å². The van der Waals surface area contributed by atoms with Crippen LogP contribution < -0.4 is 5.73 Å². The number of amides is 1. The van der Waals surface area contributed by atoms with Gasteiger partial charge in [-0.15, -0.1) is 0 Å². The summed E-state index contributed by atoms with van der Waals surface area (Å²) in [5, 5.41) is 8.48. The predicted molar refractivity (Wildman–Crippen MR) is 77.8 cm³/mol. The molecule has 2 rings (SSSR count). The maximum Gasteiger partial charge on any atom is 0.335 e. The molecule has 0 saturated heterocycles. The van der Waals surface area contributed by atoms with Gasteiger partial charge in [0.05, 0.1) is 5.56 Å². The molecule has 3 N–H and O–H groups in total. The number of nitrogens with two attached hydrogens (primary N) is 1. The van der Waals surface area contributed by atoms with Crippen molar-refractivity contribution < 1.29 is 14.7 Å². The summed E-state index contributed by atoms with van der Waals surface area (Å²) in [6, 6.07) is 14.0. The van der Waals surface area contributed by atoms with Crippen molar-refractivity contribution in [1.29, 1.82) is 0 Å². The molecule has 0 aromatic heterocycles. The zero-order chi connectivity index (χ0) is 15.1. The molecular weight excluding hydrogens is 254 g/mol. The number of aromatic carboxylic acids is 1. The lowest BCUT2D eigenvalue weighted by Crippen LogP contribution is -2.12. The Morgan fingerprint density at radius 3 is 1.90 bits per heavy atom. The number of carboxylic acid groups (broad SMARTS) is 1. The normalized spacial score (nSPS) is 9.30. The highest BCUT2D eigenvalue weighted by Gasteiger charge is 2.00. The lowest BCUT2D eigenvalue weighted by Gasteiger charge is -1.97. The Balaban J connectivity index is 0.000000200. The van der Waals surface area contributed by atoms with Gasteiger partial charge < -0.3 is 10.8 Å². The summed E-state index contributed by atoms with van der Waals surface area (Å²) in [6.45, 7) is 3.78.